The largest absolute Gasteiger partial charge is 0.494 e. The first-order valence-electron chi connectivity index (χ1n) is 23.0. The highest BCUT2D eigenvalue weighted by Gasteiger charge is 2.44. The van der Waals surface area contributed by atoms with Gasteiger partial charge in [0.25, 0.3) is 11.8 Å². The number of hydroxylamine groups is 2. The predicted molar refractivity (Wildman–Crippen MR) is 260 cm³/mol. The van der Waals surface area contributed by atoms with Crippen LogP contribution in [0.15, 0.2) is 59.0 Å². The van der Waals surface area contributed by atoms with Crippen LogP contribution in [0.4, 0.5) is 0 Å². The van der Waals surface area contributed by atoms with Crippen LogP contribution >= 0.6 is 0 Å². The number of aliphatic hydroxyl groups excluding tert-OH is 1. The minimum Gasteiger partial charge on any atom is -0.494 e. The van der Waals surface area contributed by atoms with E-state index in [0.29, 0.717) is 42.7 Å². The number of hydrogen-bond acceptors (Lipinski definition) is 10. The van der Waals surface area contributed by atoms with Crippen molar-refractivity contribution in [2.24, 2.45) is 11.7 Å². The van der Waals surface area contributed by atoms with Gasteiger partial charge in [0.15, 0.2) is 22.4 Å². The fraction of sp³-hybridized carbons (Fsp3) is 0.592. The minimum absolute atomic E-state index is 0.0277. The molecule has 1 heterocycles. The van der Waals surface area contributed by atoms with Gasteiger partial charge in [-0.05, 0) is 85.9 Å². The summed E-state index contributed by atoms with van der Waals surface area (Å²) in [6.07, 6.45) is 4.19. The lowest BCUT2D eigenvalue weighted by Crippen LogP contribution is -2.61. The summed E-state index contributed by atoms with van der Waals surface area (Å²) in [7, 11) is -4.68. The van der Waals surface area contributed by atoms with Crippen LogP contribution < -0.4 is 21.1 Å². The SMILES string of the molecule is CCCCC[C@@H](C(=O)NCc1cc(-c2cc(OCC)cc(C(=O)NC(CO)(CO[Si](C)(C)C(C)(C)C)CO[Si](C)(C)C(C)(C)C)c2)oc1C(N)=O)[C@@H](CC)N(C=O)OCc1ccccc1. The molecule has 2 atom stereocenters. The molecular weight excluding hydrogens is 861 g/mol. The van der Waals surface area contributed by atoms with E-state index in [1.165, 1.54) is 5.06 Å². The van der Waals surface area contributed by atoms with E-state index < -0.39 is 52.6 Å². The molecule has 4 amide bonds. The van der Waals surface area contributed by atoms with Crippen molar-refractivity contribution in [1.82, 2.24) is 15.7 Å². The molecule has 0 aliphatic carbocycles. The van der Waals surface area contributed by atoms with Crippen LogP contribution in [0.3, 0.4) is 0 Å². The second-order valence-corrected chi connectivity index (χ2v) is 29.6. The number of hydrogen-bond donors (Lipinski definition) is 4. The van der Waals surface area contributed by atoms with Crippen molar-refractivity contribution in [2.75, 3.05) is 26.4 Å². The Hall–Kier alpha value is -4.33. The van der Waals surface area contributed by atoms with Gasteiger partial charge in [-0.2, -0.15) is 0 Å². The smallest absolute Gasteiger partial charge is 0.284 e. The average Bonchev–Trinajstić information content (AvgIpc) is 3.69. The molecule has 0 saturated carbocycles. The summed E-state index contributed by atoms with van der Waals surface area (Å²) in [5.74, 6) is -1.88. The lowest BCUT2D eigenvalue weighted by Gasteiger charge is -2.43. The number of nitrogens with two attached hydrogens (primary N) is 1. The third kappa shape index (κ3) is 15.4. The van der Waals surface area contributed by atoms with E-state index in [1.807, 2.05) is 44.2 Å². The molecule has 0 bridgehead atoms. The molecule has 16 heteroatoms. The summed E-state index contributed by atoms with van der Waals surface area (Å²) in [4.78, 5) is 59.7. The van der Waals surface area contributed by atoms with E-state index in [1.54, 1.807) is 24.3 Å². The highest BCUT2D eigenvalue weighted by Crippen LogP contribution is 2.39. The second kappa shape index (κ2) is 23.9. The summed E-state index contributed by atoms with van der Waals surface area (Å²) < 4.78 is 25.3. The number of nitrogens with zero attached hydrogens (tertiary/aromatic N) is 1. The number of unbranched alkanes of at least 4 members (excludes halogenated alkanes) is 2. The van der Waals surface area contributed by atoms with Crippen LogP contribution in [-0.4, -0.2) is 88.9 Å². The van der Waals surface area contributed by atoms with Crippen LogP contribution in [0.25, 0.3) is 11.3 Å². The summed E-state index contributed by atoms with van der Waals surface area (Å²) in [5, 5.41) is 18.1. The van der Waals surface area contributed by atoms with Crippen molar-refractivity contribution in [2.45, 2.75) is 155 Å². The predicted octanol–water partition coefficient (Wildman–Crippen LogP) is 9.13. The maximum absolute atomic E-state index is 14.4. The zero-order valence-electron chi connectivity index (χ0n) is 41.4. The maximum Gasteiger partial charge on any atom is 0.284 e. The van der Waals surface area contributed by atoms with E-state index in [9.17, 15) is 24.3 Å². The van der Waals surface area contributed by atoms with Gasteiger partial charge in [0.05, 0.1) is 38.4 Å². The minimum atomic E-state index is -2.34. The van der Waals surface area contributed by atoms with E-state index in [4.69, 9.17) is 28.6 Å². The average molecular weight is 939 g/mol. The van der Waals surface area contributed by atoms with Crippen LogP contribution in [-0.2, 0) is 36.4 Å². The fourth-order valence-electron chi connectivity index (χ4n) is 6.66. The Morgan fingerprint density at radius 3 is 2.02 bits per heavy atom. The van der Waals surface area contributed by atoms with Crippen LogP contribution in [0.5, 0.6) is 5.75 Å². The summed E-state index contributed by atoms with van der Waals surface area (Å²) >= 11 is 0. The Kier molecular flexibility index (Phi) is 20.2. The molecule has 362 valence electrons. The fourth-order valence-corrected chi connectivity index (χ4v) is 8.80. The molecule has 1 aromatic heterocycles. The Balaban J connectivity index is 1.99. The Morgan fingerprint density at radius 1 is 0.892 bits per heavy atom. The number of benzene rings is 2. The van der Waals surface area contributed by atoms with Gasteiger partial charge in [-0.25, -0.2) is 5.06 Å². The molecule has 0 aliphatic rings. The normalized spacial score (nSPS) is 13.5. The summed E-state index contributed by atoms with van der Waals surface area (Å²) in [6.45, 7) is 27.0. The zero-order chi connectivity index (χ0) is 48.8. The number of furan rings is 1. The van der Waals surface area contributed by atoms with Gasteiger partial charge in [-0.3, -0.25) is 24.0 Å². The van der Waals surface area contributed by atoms with Crippen LogP contribution in [0.1, 0.15) is 126 Å². The molecule has 2 aromatic carbocycles. The van der Waals surface area contributed by atoms with Crippen LogP contribution in [0, 0.1) is 5.92 Å². The second-order valence-electron chi connectivity index (χ2n) is 20.0. The van der Waals surface area contributed by atoms with E-state index in [2.05, 4.69) is 85.3 Å². The van der Waals surface area contributed by atoms with Crippen molar-refractivity contribution >= 4 is 40.8 Å². The number of aliphatic hydroxyl groups is 1. The molecule has 0 aliphatic heterocycles. The van der Waals surface area contributed by atoms with Crippen molar-refractivity contribution < 1.29 is 47.1 Å². The van der Waals surface area contributed by atoms with E-state index in [0.717, 1.165) is 24.8 Å². The molecular formula is C49H78N4O10Si2. The molecule has 14 nitrogen and oxygen atoms in total. The van der Waals surface area contributed by atoms with E-state index >= 15 is 0 Å². The molecule has 0 spiro atoms. The molecule has 3 aromatic rings. The standard InChI is InChI=1S/C49H78N4O10Si2/c1-14-17-19-24-40(41(15-2)53(34-55)60-30-35-22-20-18-21-23-35)46(58)51-29-38-28-42(63-43(38)44(50)56)36-25-37(27-39(26-36)59-16-3)45(57)52-49(31-54,32-61-64(10,11)47(4,5)6)33-62-65(12,13)48(7,8)9/h18,20-23,25-28,34,40-41,54H,14-17,19,24,29-33H2,1-13H3,(H2,50,56)(H,51,58)(H,52,57)/t40-,41-/m1/s1. The number of ether oxygens (including phenoxy) is 1. The van der Waals surface area contributed by atoms with Crippen molar-refractivity contribution in [1.29, 1.82) is 0 Å². The Bertz CT molecular complexity index is 1980. The first-order valence-corrected chi connectivity index (χ1v) is 28.8. The number of carbonyl (C=O) groups is 4. The lowest BCUT2D eigenvalue weighted by molar-refractivity contribution is -0.200. The van der Waals surface area contributed by atoms with Gasteiger partial charge in [0.2, 0.25) is 12.3 Å². The molecule has 0 radical (unpaired) electrons. The highest BCUT2D eigenvalue weighted by molar-refractivity contribution is 6.74. The van der Waals surface area contributed by atoms with Crippen LogP contribution in [0.2, 0.25) is 36.3 Å². The molecule has 0 saturated heterocycles. The van der Waals surface area contributed by atoms with Gasteiger partial charge in [-0.1, -0.05) is 105 Å². The van der Waals surface area contributed by atoms with Gasteiger partial charge in [0.1, 0.15) is 23.7 Å². The zero-order valence-corrected chi connectivity index (χ0v) is 43.4. The third-order valence-corrected chi connectivity index (χ3v) is 21.9. The summed E-state index contributed by atoms with van der Waals surface area (Å²) in [6, 6.07) is 15.4. The molecule has 0 unspecified atom stereocenters. The maximum atomic E-state index is 14.4. The highest BCUT2D eigenvalue weighted by atomic mass is 28.4. The van der Waals surface area contributed by atoms with Gasteiger partial charge >= 0.3 is 0 Å². The number of carbonyl (C=O) groups excluding carboxylic acids is 4. The van der Waals surface area contributed by atoms with E-state index in [-0.39, 0.29) is 59.4 Å². The molecule has 3 rings (SSSR count). The topological polar surface area (TPSA) is 192 Å². The number of rotatable bonds is 27. The molecule has 5 N–H and O–H groups in total. The Morgan fingerprint density at radius 2 is 1.51 bits per heavy atom. The summed E-state index contributed by atoms with van der Waals surface area (Å²) in [5.41, 5.74) is 6.36. The Labute approximate surface area is 389 Å². The first-order chi connectivity index (χ1) is 30.4. The van der Waals surface area contributed by atoms with Crippen molar-refractivity contribution in [3.63, 3.8) is 0 Å². The van der Waals surface area contributed by atoms with Gasteiger partial charge in [0, 0.05) is 23.2 Å². The monoisotopic (exact) mass is 939 g/mol. The molecule has 0 fully saturated rings. The van der Waals surface area contributed by atoms with Crippen molar-refractivity contribution in [3.8, 4) is 17.1 Å². The quantitative estimate of drug-likeness (QED) is 0.0248. The van der Waals surface area contributed by atoms with Gasteiger partial charge in [-0.15, -0.1) is 0 Å². The number of nitrogens with one attached hydrogen (secondary N) is 2. The molecule has 65 heavy (non-hydrogen) atoms. The number of primary amides is 1. The van der Waals surface area contributed by atoms with Gasteiger partial charge < -0.3 is 39.5 Å². The lowest BCUT2D eigenvalue weighted by atomic mass is 9.90. The third-order valence-electron chi connectivity index (χ3n) is 13.0. The number of amides is 4. The van der Waals surface area contributed by atoms with Crippen molar-refractivity contribution in [3.05, 3.63) is 77.0 Å². The first kappa shape index (κ1) is 55.0.